The molecule has 2 aromatic heterocycles. The van der Waals surface area contributed by atoms with Gasteiger partial charge >= 0.3 is 0 Å². The van der Waals surface area contributed by atoms with Gasteiger partial charge in [0.25, 0.3) is 5.91 Å². The van der Waals surface area contributed by atoms with E-state index in [0.717, 1.165) is 11.3 Å². The van der Waals surface area contributed by atoms with Gasteiger partial charge in [-0.3, -0.25) is 4.79 Å². The maximum Gasteiger partial charge on any atom is 0.258 e. The molecule has 0 atom stereocenters. The number of amides is 1. The van der Waals surface area contributed by atoms with Crippen LogP contribution in [0.15, 0.2) is 54.7 Å². The topological polar surface area (TPSA) is 59.8 Å². The van der Waals surface area contributed by atoms with Crippen molar-refractivity contribution in [3.63, 3.8) is 0 Å². The molecule has 0 bridgehead atoms. The number of hydrogen-bond donors (Lipinski definition) is 1. The Kier molecular flexibility index (Phi) is 4.79. The van der Waals surface area contributed by atoms with E-state index in [0.29, 0.717) is 32.5 Å². The third-order valence-electron chi connectivity index (χ3n) is 4.41. The lowest BCUT2D eigenvalue weighted by molar-refractivity contribution is 0.102. The van der Waals surface area contributed by atoms with Gasteiger partial charge < -0.3 is 5.32 Å². The summed E-state index contributed by atoms with van der Waals surface area (Å²) in [5.41, 5.74) is 4.20. The average molecular weight is 411 g/mol. The molecule has 0 radical (unpaired) electrons. The number of carbonyl (C=O) groups is 1. The van der Waals surface area contributed by atoms with Gasteiger partial charge in [0.05, 0.1) is 27.4 Å². The summed E-state index contributed by atoms with van der Waals surface area (Å²) in [4.78, 5) is 17.2. The maximum absolute atomic E-state index is 12.7. The minimum Gasteiger partial charge on any atom is -0.322 e. The van der Waals surface area contributed by atoms with Crippen LogP contribution in [-0.2, 0) is 0 Å². The van der Waals surface area contributed by atoms with E-state index >= 15 is 0 Å². The SMILES string of the molecule is Cc1ccc(-n2nc(C)c3c(Cl)c(C(=O)Nc4cccc(Cl)c4)cnc32)cc1. The summed E-state index contributed by atoms with van der Waals surface area (Å²) in [6, 6.07) is 14.9. The van der Waals surface area contributed by atoms with E-state index in [9.17, 15) is 4.79 Å². The zero-order chi connectivity index (χ0) is 19.8. The number of nitrogens with zero attached hydrogens (tertiary/aromatic N) is 3. The van der Waals surface area contributed by atoms with Gasteiger partial charge in [-0.15, -0.1) is 0 Å². The standard InChI is InChI=1S/C21H16Cl2N4O/c1-12-6-8-16(9-7-12)27-20-18(13(2)26-27)19(23)17(11-24-20)21(28)25-15-5-3-4-14(22)10-15/h3-11H,1-2H3,(H,25,28). The minimum absolute atomic E-state index is 0.278. The second-order valence-electron chi connectivity index (χ2n) is 6.48. The predicted molar refractivity (Wildman–Crippen MR) is 113 cm³/mol. The Morgan fingerprint density at radius 3 is 2.54 bits per heavy atom. The molecule has 4 rings (SSSR count). The number of pyridine rings is 1. The van der Waals surface area contributed by atoms with E-state index in [2.05, 4.69) is 15.4 Å². The molecule has 0 aliphatic heterocycles. The smallest absolute Gasteiger partial charge is 0.258 e. The zero-order valence-corrected chi connectivity index (χ0v) is 16.7. The van der Waals surface area contributed by atoms with Crippen molar-refractivity contribution in [1.29, 1.82) is 0 Å². The Bertz CT molecular complexity index is 1200. The van der Waals surface area contributed by atoms with Crippen molar-refractivity contribution in [2.75, 3.05) is 5.32 Å². The average Bonchev–Trinajstić information content (AvgIpc) is 3.00. The number of aromatic nitrogens is 3. The van der Waals surface area contributed by atoms with Crippen molar-refractivity contribution in [1.82, 2.24) is 14.8 Å². The summed E-state index contributed by atoms with van der Waals surface area (Å²) in [5, 5.41) is 8.87. The Morgan fingerprint density at radius 1 is 1.07 bits per heavy atom. The number of carbonyl (C=O) groups excluding carboxylic acids is 1. The van der Waals surface area contributed by atoms with Gasteiger partial charge in [-0.2, -0.15) is 5.10 Å². The Morgan fingerprint density at radius 2 is 1.82 bits per heavy atom. The van der Waals surface area contributed by atoms with Gasteiger partial charge in [-0.25, -0.2) is 9.67 Å². The molecule has 1 N–H and O–H groups in total. The van der Waals surface area contributed by atoms with Gasteiger partial charge in [-0.1, -0.05) is 47.0 Å². The number of halogens is 2. The molecule has 0 saturated heterocycles. The summed E-state index contributed by atoms with van der Waals surface area (Å²) in [6.45, 7) is 3.87. The molecular weight excluding hydrogens is 395 g/mol. The third-order valence-corrected chi connectivity index (χ3v) is 5.04. The molecule has 0 fully saturated rings. The van der Waals surface area contributed by atoms with Crippen molar-refractivity contribution >= 4 is 45.8 Å². The highest BCUT2D eigenvalue weighted by atomic mass is 35.5. The first kappa shape index (κ1) is 18.5. The summed E-state index contributed by atoms with van der Waals surface area (Å²) in [5.74, 6) is -0.357. The molecule has 2 heterocycles. The van der Waals surface area contributed by atoms with Gasteiger partial charge in [0.1, 0.15) is 0 Å². The molecule has 0 unspecified atom stereocenters. The number of anilines is 1. The van der Waals surface area contributed by atoms with E-state index < -0.39 is 0 Å². The number of aryl methyl sites for hydroxylation is 2. The van der Waals surface area contributed by atoms with Crippen LogP contribution in [0.25, 0.3) is 16.7 Å². The number of fused-ring (bicyclic) bond motifs is 1. The van der Waals surface area contributed by atoms with Crippen molar-refractivity contribution in [2.45, 2.75) is 13.8 Å². The van der Waals surface area contributed by atoms with Gasteiger partial charge in [0, 0.05) is 16.9 Å². The highest BCUT2D eigenvalue weighted by molar-refractivity contribution is 6.39. The molecule has 28 heavy (non-hydrogen) atoms. The van der Waals surface area contributed by atoms with Crippen molar-refractivity contribution < 1.29 is 4.79 Å². The minimum atomic E-state index is -0.357. The molecule has 0 aliphatic carbocycles. The fourth-order valence-corrected chi connectivity index (χ4v) is 3.54. The second kappa shape index (κ2) is 7.26. The van der Waals surface area contributed by atoms with Crippen LogP contribution in [0.5, 0.6) is 0 Å². The Hall–Kier alpha value is -2.89. The molecule has 2 aromatic carbocycles. The number of benzene rings is 2. The summed E-state index contributed by atoms with van der Waals surface area (Å²) in [6.07, 6.45) is 1.47. The van der Waals surface area contributed by atoms with E-state index in [1.165, 1.54) is 6.20 Å². The largest absolute Gasteiger partial charge is 0.322 e. The molecule has 1 amide bonds. The third kappa shape index (κ3) is 3.35. The molecule has 7 heteroatoms. The van der Waals surface area contributed by atoms with E-state index in [4.69, 9.17) is 23.2 Å². The quantitative estimate of drug-likeness (QED) is 0.478. The highest BCUT2D eigenvalue weighted by Crippen LogP contribution is 2.30. The Balaban J connectivity index is 1.76. The van der Waals surface area contributed by atoms with E-state index in [-0.39, 0.29) is 11.5 Å². The zero-order valence-electron chi connectivity index (χ0n) is 15.2. The van der Waals surface area contributed by atoms with Crippen molar-refractivity contribution in [3.8, 4) is 5.69 Å². The molecule has 0 saturated carbocycles. The monoisotopic (exact) mass is 410 g/mol. The van der Waals surface area contributed by atoms with Crippen LogP contribution >= 0.6 is 23.2 Å². The fourth-order valence-electron chi connectivity index (χ4n) is 3.00. The maximum atomic E-state index is 12.7. The van der Waals surface area contributed by atoms with Gasteiger partial charge in [0.15, 0.2) is 5.65 Å². The molecule has 0 spiro atoms. The van der Waals surface area contributed by atoms with Crippen LogP contribution in [-0.4, -0.2) is 20.7 Å². The van der Waals surface area contributed by atoms with Crippen LogP contribution in [0.3, 0.4) is 0 Å². The molecule has 140 valence electrons. The first-order valence-corrected chi connectivity index (χ1v) is 9.37. The normalized spacial score (nSPS) is 11.0. The van der Waals surface area contributed by atoms with Crippen LogP contribution in [0, 0.1) is 13.8 Å². The fraction of sp³-hybridized carbons (Fsp3) is 0.0952. The summed E-state index contributed by atoms with van der Waals surface area (Å²) >= 11 is 12.6. The van der Waals surface area contributed by atoms with Crippen LogP contribution in [0.2, 0.25) is 10.0 Å². The number of nitrogens with one attached hydrogen (secondary N) is 1. The lowest BCUT2D eigenvalue weighted by Crippen LogP contribution is -2.13. The van der Waals surface area contributed by atoms with Crippen LogP contribution in [0.1, 0.15) is 21.6 Å². The van der Waals surface area contributed by atoms with Crippen LogP contribution < -0.4 is 5.32 Å². The van der Waals surface area contributed by atoms with Gasteiger partial charge in [-0.05, 0) is 44.2 Å². The number of rotatable bonds is 3. The lowest BCUT2D eigenvalue weighted by atomic mass is 10.2. The predicted octanol–water partition coefficient (Wildman–Crippen LogP) is 5.60. The van der Waals surface area contributed by atoms with Crippen LogP contribution in [0.4, 0.5) is 5.69 Å². The first-order chi connectivity index (χ1) is 13.4. The lowest BCUT2D eigenvalue weighted by Gasteiger charge is -2.08. The highest BCUT2D eigenvalue weighted by Gasteiger charge is 2.20. The second-order valence-corrected chi connectivity index (χ2v) is 7.30. The molecule has 0 aliphatic rings. The number of hydrogen-bond acceptors (Lipinski definition) is 3. The van der Waals surface area contributed by atoms with E-state index in [1.54, 1.807) is 28.9 Å². The van der Waals surface area contributed by atoms with E-state index in [1.807, 2.05) is 38.1 Å². The summed E-state index contributed by atoms with van der Waals surface area (Å²) < 4.78 is 1.73. The first-order valence-electron chi connectivity index (χ1n) is 8.62. The summed E-state index contributed by atoms with van der Waals surface area (Å²) in [7, 11) is 0. The molecule has 4 aromatic rings. The van der Waals surface area contributed by atoms with Gasteiger partial charge in [0.2, 0.25) is 0 Å². The Labute approximate surface area is 171 Å². The van der Waals surface area contributed by atoms with Crippen molar-refractivity contribution in [3.05, 3.63) is 81.6 Å². The van der Waals surface area contributed by atoms with Crippen molar-refractivity contribution in [2.24, 2.45) is 0 Å². The molecule has 5 nitrogen and oxygen atoms in total. The molecular formula is C21H16Cl2N4O.